The molecule has 2 nitrogen and oxygen atoms in total. The average Bonchev–Trinajstić information content (AvgIpc) is 2.33. The summed E-state index contributed by atoms with van der Waals surface area (Å²) in [6, 6.07) is 3.77. The van der Waals surface area contributed by atoms with Gasteiger partial charge in [-0.25, -0.2) is 8.78 Å². The van der Waals surface area contributed by atoms with Crippen molar-refractivity contribution in [1.82, 2.24) is 4.90 Å². The summed E-state index contributed by atoms with van der Waals surface area (Å²) in [5.41, 5.74) is 0.492. The third kappa shape index (κ3) is 3.01. The minimum absolute atomic E-state index is 0.100. The predicted molar refractivity (Wildman–Crippen MR) is 61.5 cm³/mol. The van der Waals surface area contributed by atoms with Gasteiger partial charge in [0.2, 0.25) is 0 Å². The van der Waals surface area contributed by atoms with Crippen LogP contribution in [0, 0.1) is 11.6 Å². The van der Waals surface area contributed by atoms with E-state index in [9.17, 15) is 13.9 Å². The summed E-state index contributed by atoms with van der Waals surface area (Å²) in [5, 5.41) is 9.26. The van der Waals surface area contributed by atoms with Crippen molar-refractivity contribution >= 4 is 0 Å². The van der Waals surface area contributed by atoms with Crippen LogP contribution >= 0.6 is 0 Å². The Morgan fingerprint density at radius 2 is 2.12 bits per heavy atom. The second-order valence-corrected chi connectivity index (χ2v) is 4.54. The van der Waals surface area contributed by atoms with Crippen LogP contribution in [0.5, 0.6) is 0 Å². The number of hydrogen-bond donors (Lipinski definition) is 1. The molecule has 17 heavy (non-hydrogen) atoms. The van der Waals surface area contributed by atoms with Crippen molar-refractivity contribution in [3.05, 3.63) is 35.4 Å². The Bertz CT molecular complexity index is 384. The zero-order chi connectivity index (χ0) is 12.3. The lowest BCUT2D eigenvalue weighted by Crippen LogP contribution is -2.41. The van der Waals surface area contributed by atoms with Crippen LogP contribution in [-0.2, 0) is 6.54 Å². The molecule has 1 atom stereocenters. The minimum atomic E-state index is -0.552. The summed E-state index contributed by atoms with van der Waals surface area (Å²) in [6.07, 6.45) is 3.12. The second kappa shape index (κ2) is 5.56. The lowest BCUT2D eigenvalue weighted by atomic mass is 10.0. The van der Waals surface area contributed by atoms with Crippen LogP contribution in [-0.4, -0.2) is 29.2 Å². The number of nitrogens with zero attached hydrogens (tertiary/aromatic N) is 1. The molecule has 1 heterocycles. The van der Waals surface area contributed by atoms with E-state index in [1.54, 1.807) is 0 Å². The molecule has 1 aromatic carbocycles. The van der Waals surface area contributed by atoms with Crippen molar-refractivity contribution in [1.29, 1.82) is 0 Å². The molecule has 1 aromatic rings. The largest absolute Gasteiger partial charge is 0.395 e. The summed E-state index contributed by atoms with van der Waals surface area (Å²) in [4.78, 5) is 2.07. The number of benzene rings is 1. The number of likely N-dealkylation sites (tertiary alicyclic amines) is 1. The molecular formula is C13H17F2NO. The molecule has 0 unspecified atom stereocenters. The molecule has 0 bridgehead atoms. The van der Waals surface area contributed by atoms with Gasteiger partial charge in [-0.2, -0.15) is 0 Å². The van der Waals surface area contributed by atoms with E-state index in [0.29, 0.717) is 12.1 Å². The quantitative estimate of drug-likeness (QED) is 0.877. The molecule has 2 rings (SSSR count). The monoisotopic (exact) mass is 241 g/mol. The van der Waals surface area contributed by atoms with Crippen LogP contribution in [0.3, 0.4) is 0 Å². The van der Waals surface area contributed by atoms with E-state index in [1.165, 1.54) is 12.1 Å². The minimum Gasteiger partial charge on any atom is -0.395 e. The Morgan fingerprint density at radius 3 is 2.82 bits per heavy atom. The van der Waals surface area contributed by atoms with Crippen molar-refractivity contribution in [3.8, 4) is 0 Å². The SMILES string of the molecule is OC[C@H]1CCCCN1Cc1ccc(F)cc1F. The Labute approximate surface area is 99.9 Å². The standard InChI is InChI=1S/C13H17F2NO/c14-11-5-4-10(13(15)7-11)8-16-6-2-1-3-12(16)9-17/h4-5,7,12,17H,1-3,6,8-9H2/t12-/m1/s1. The predicted octanol–water partition coefficient (Wildman–Crippen LogP) is 2.31. The number of aliphatic hydroxyl groups is 1. The Morgan fingerprint density at radius 1 is 1.29 bits per heavy atom. The number of piperidine rings is 1. The highest BCUT2D eigenvalue weighted by Crippen LogP contribution is 2.20. The molecule has 1 aliphatic heterocycles. The third-order valence-corrected chi connectivity index (χ3v) is 3.35. The van der Waals surface area contributed by atoms with Gasteiger partial charge in [0.25, 0.3) is 0 Å². The van der Waals surface area contributed by atoms with Crippen LogP contribution in [0.25, 0.3) is 0 Å². The molecule has 1 fully saturated rings. The summed E-state index contributed by atoms with van der Waals surface area (Å²) in [7, 11) is 0. The van der Waals surface area contributed by atoms with Crippen molar-refractivity contribution in [2.75, 3.05) is 13.2 Å². The van der Waals surface area contributed by atoms with Gasteiger partial charge in [0, 0.05) is 24.2 Å². The summed E-state index contributed by atoms with van der Waals surface area (Å²) >= 11 is 0. The van der Waals surface area contributed by atoms with E-state index in [-0.39, 0.29) is 12.6 Å². The molecular weight excluding hydrogens is 224 g/mol. The zero-order valence-corrected chi connectivity index (χ0v) is 9.70. The normalized spacial score (nSPS) is 21.7. The van der Waals surface area contributed by atoms with Crippen LogP contribution < -0.4 is 0 Å². The van der Waals surface area contributed by atoms with E-state index in [4.69, 9.17) is 0 Å². The molecule has 1 N–H and O–H groups in total. The zero-order valence-electron chi connectivity index (χ0n) is 9.70. The first-order valence-electron chi connectivity index (χ1n) is 5.99. The summed E-state index contributed by atoms with van der Waals surface area (Å²) in [5.74, 6) is -1.06. The number of hydrogen-bond acceptors (Lipinski definition) is 2. The van der Waals surface area contributed by atoms with Gasteiger partial charge < -0.3 is 5.11 Å². The summed E-state index contributed by atoms with van der Waals surface area (Å²) in [6.45, 7) is 1.40. The Hall–Kier alpha value is -1.00. The lowest BCUT2D eigenvalue weighted by Gasteiger charge is -2.34. The Kier molecular flexibility index (Phi) is 4.07. The van der Waals surface area contributed by atoms with Gasteiger partial charge in [0.1, 0.15) is 11.6 Å². The number of halogens is 2. The molecule has 1 aliphatic rings. The van der Waals surface area contributed by atoms with Gasteiger partial charge in [0.05, 0.1) is 6.61 Å². The highest BCUT2D eigenvalue weighted by Gasteiger charge is 2.22. The average molecular weight is 241 g/mol. The van der Waals surface area contributed by atoms with E-state index < -0.39 is 11.6 Å². The highest BCUT2D eigenvalue weighted by atomic mass is 19.1. The molecule has 0 saturated carbocycles. The van der Waals surface area contributed by atoms with Gasteiger partial charge in [-0.3, -0.25) is 4.90 Å². The maximum Gasteiger partial charge on any atom is 0.130 e. The maximum atomic E-state index is 13.5. The van der Waals surface area contributed by atoms with Crippen LogP contribution in [0.1, 0.15) is 24.8 Å². The van der Waals surface area contributed by atoms with Crippen molar-refractivity contribution in [3.63, 3.8) is 0 Å². The molecule has 0 aliphatic carbocycles. The molecule has 1 saturated heterocycles. The molecule has 0 spiro atoms. The Balaban J connectivity index is 2.08. The molecule has 4 heteroatoms. The van der Waals surface area contributed by atoms with Crippen molar-refractivity contribution in [2.45, 2.75) is 31.8 Å². The fourth-order valence-corrected chi connectivity index (χ4v) is 2.34. The number of aliphatic hydroxyl groups excluding tert-OH is 1. The second-order valence-electron chi connectivity index (χ2n) is 4.54. The summed E-state index contributed by atoms with van der Waals surface area (Å²) < 4.78 is 26.3. The maximum absolute atomic E-state index is 13.5. The van der Waals surface area contributed by atoms with Crippen molar-refractivity contribution < 1.29 is 13.9 Å². The van der Waals surface area contributed by atoms with E-state index >= 15 is 0 Å². The van der Waals surface area contributed by atoms with Gasteiger partial charge in [-0.05, 0) is 25.5 Å². The van der Waals surface area contributed by atoms with E-state index in [2.05, 4.69) is 4.90 Å². The molecule has 0 amide bonds. The number of rotatable bonds is 3. The lowest BCUT2D eigenvalue weighted by molar-refractivity contribution is 0.0831. The fourth-order valence-electron chi connectivity index (χ4n) is 2.34. The molecule has 94 valence electrons. The molecule has 0 radical (unpaired) electrons. The fraction of sp³-hybridized carbons (Fsp3) is 0.538. The first kappa shape index (κ1) is 12.5. The molecule has 0 aromatic heterocycles. The van der Waals surface area contributed by atoms with Crippen molar-refractivity contribution in [2.24, 2.45) is 0 Å². The van der Waals surface area contributed by atoms with Gasteiger partial charge in [0.15, 0.2) is 0 Å². The first-order valence-corrected chi connectivity index (χ1v) is 5.99. The smallest absolute Gasteiger partial charge is 0.130 e. The highest BCUT2D eigenvalue weighted by molar-refractivity contribution is 5.18. The van der Waals surface area contributed by atoms with Crippen LogP contribution in [0.15, 0.2) is 18.2 Å². The van der Waals surface area contributed by atoms with Gasteiger partial charge in [-0.1, -0.05) is 12.5 Å². The van der Waals surface area contributed by atoms with Gasteiger partial charge >= 0.3 is 0 Å². The van der Waals surface area contributed by atoms with Crippen LogP contribution in [0.4, 0.5) is 8.78 Å². The third-order valence-electron chi connectivity index (χ3n) is 3.35. The van der Waals surface area contributed by atoms with E-state index in [1.807, 2.05) is 0 Å². The van der Waals surface area contributed by atoms with E-state index in [0.717, 1.165) is 31.9 Å². The van der Waals surface area contributed by atoms with Gasteiger partial charge in [-0.15, -0.1) is 0 Å². The van der Waals surface area contributed by atoms with Crippen LogP contribution in [0.2, 0.25) is 0 Å². The first-order chi connectivity index (χ1) is 8.20. The topological polar surface area (TPSA) is 23.5 Å².